The molecule has 0 saturated carbocycles. The highest BCUT2D eigenvalue weighted by Crippen LogP contribution is 2.16. The third-order valence-electron chi connectivity index (χ3n) is 4.80. The molecule has 0 aliphatic heterocycles. The number of aromatic amines is 1. The van der Waals surface area contributed by atoms with Crippen molar-refractivity contribution >= 4 is 29.0 Å². The zero-order valence-electron chi connectivity index (χ0n) is 16.6. The van der Waals surface area contributed by atoms with Gasteiger partial charge < -0.3 is 15.0 Å². The second kappa shape index (κ2) is 9.62. The van der Waals surface area contributed by atoms with E-state index in [-0.39, 0.29) is 17.6 Å². The van der Waals surface area contributed by atoms with Crippen LogP contribution in [0.5, 0.6) is 0 Å². The number of nitrogens with one attached hydrogen (secondary N) is 2. The fourth-order valence-electron chi connectivity index (χ4n) is 3.14. The van der Waals surface area contributed by atoms with E-state index in [4.69, 9.17) is 17.0 Å². The number of hydrogen-bond acceptors (Lipinski definition) is 4. The number of aromatic nitrogens is 2. The van der Waals surface area contributed by atoms with Crippen molar-refractivity contribution in [2.75, 3.05) is 13.2 Å². The molecule has 0 bridgehead atoms. The molecular formula is C22H25N3O3S. The standard InChI is InChI=1S/C22H25N3O3S/c1-3-25-21(27)18-11-10-17(14-19(18)24-22(25)29)20(26)23-12-7-13-28-15(2)16-8-5-4-6-9-16/h4-6,8-11,14-15H,3,7,12-13H2,1-2H3,(H,23,26)(H,24,29). The minimum atomic E-state index is -0.193. The predicted molar refractivity (Wildman–Crippen MR) is 117 cm³/mol. The van der Waals surface area contributed by atoms with Gasteiger partial charge in [0.1, 0.15) is 0 Å². The molecule has 0 spiro atoms. The highest BCUT2D eigenvalue weighted by molar-refractivity contribution is 7.71. The van der Waals surface area contributed by atoms with E-state index in [2.05, 4.69) is 10.3 Å². The maximum absolute atomic E-state index is 12.4. The van der Waals surface area contributed by atoms with Crippen molar-refractivity contribution in [2.24, 2.45) is 0 Å². The number of carbonyl (C=O) groups is 1. The first-order valence-electron chi connectivity index (χ1n) is 9.73. The molecule has 1 aromatic heterocycles. The summed E-state index contributed by atoms with van der Waals surface area (Å²) in [6.45, 7) is 5.43. The predicted octanol–water partition coefficient (Wildman–Crippen LogP) is 3.98. The highest BCUT2D eigenvalue weighted by atomic mass is 32.1. The third kappa shape index (κ3) is 4.99. The van der Waals surface area contributed by atoms with Crippen molar-refractivity contribution in [2.45, 2.75) is 32.9 Å². The first kappa shape index (κ1) is 21.0. The number of carbonyl (C=O) groups excluding carboxylic acids is 1. The molecule has 1 atom stereocenters. The Kier molecular flexibility index (Phi) is 6.95. The fourth-order valence-corrected chi connectivity index (χ4v) is 3.46. The van der Waals surface area contributed by atoms with Crippen LogP contribution < -0.4 is 10.9 Å². The van der Waals surface area contributed by atoms with Crippen molar-refractivity contribution in [3.63, 3.8) is 0 Å². The minimum Gasteiger partial charge on any atom is -0.374 e. The van der Waals surface area contributed by atoms with E-state index in [1.165, 1.54) is 4.57 Å². The Morgan fingerprint density at radius 1 is 1.24 bits per heavy atom. The molecule has 2 aromatic carbocycles. The number of H-pyrrole nitrogens is 1. The third-order valence-corrected chi connectivity index (χ3v) is 5.13. The quantitative estimate of drug-likeness (QED) is 0.434. The molecule has 6 nitrogen and oxygen atoms in total. The minimum absolute atomic E-state index is 0.0164. The lowest BCUT2D eigenvalue weighted by Gasteiger charge is -2.13. The van der Waals surface area contributed by atoms with Crippen LogP contribution in [0, 0.1) is 4.77 Å². The summed E-state index contributed by atoms with van der Waals surface area (Å²) in [5.41, 5.74) is 2.03. The van der Waals surface area contributed by atoms with Crippen molar-refractivity contribution < 1.29 is 9.53 Å². The topological polar surface area (TPSA) is 76.1 Å². The van der Waals surface area contributed by atoms with Gasteiger partial charge in [-0.25, -0.2) is 0 Å². The lowest BCUT2D eigenvalue weighted by molar-refractivity contribution is 0.0635. The number of rotatable bonds is 8. The van der Waals surface area contributed by atoms with Crippen LogP contribution in [0.15, 0.2) is 53.3 Å². The van der Waals surface area contributed by atoms with E-state index < -0.39 is 0 Å². The summed E-state index contributed by atoms with van der Waals surface area (Å²) < 4.78 is 7.66. The van der Waals surface area contributed by atoms with Crippen LogP contribution in [0.4, 0.5) is 0 Å². The Morgan fingerprint density at radius 3 is 2.72 bits per heavy atom. The largest absolute Gasteiger partial charge is 0.374 e. The van der Waals surface area contributed by atoms with E-state index in [0.29, 0.717) is 47.4 Å². The number of nitrogens with zero attached hydrogens (tertiary/aromatic N) is 1. The van der Waals surface area contributed by atoms with Gasteiger partial charge in [-0.15, -0.1) is 0 Å². The Morgan fingerprint density at radius 2 is 2.00 bits per heavy atom. The molecule has 3 aromatic rings. The van der Waals surface area contributed by atoms with Crippen LogP contribution in [-0.2, 0) is 11.3 Å². The monoisotopic (exact) mass is 411 g/mol. The summed E-state index contributed by atoms with van der Waals surface area (Å²) in [5.74, 6) is -0.193. The van der Waals surface area contributed by atoms with Crippen molar-refractivity contribution in [3.05, 3.63) is 74.8 Å². The summed E-state index contributed by atoms with van der Waals surface area (Å²) >= 11 is 5.22. The molecule has 152 valence electrons. The number of amides is 1. The Hall–Kier alpha value is -2.77. The second-order valence-electron chi connectivity index (χ2n) is 6.77. The smallest absolute Gasteiger partial charge is 0.262 e. The summed E-state index contributed by atoms with van der Waals surface area (Å²) in [6, 6.07) is 15.0. The molecule has 0 aliphatic carbocycles. The maximum Gasteiger partial charge on any atom is 0.262 e. The molecule has 0 aliphatic rings. The second-order valence-corrected chi connectivity index (χ2v) is 7.16. The van der Waals surface area contributed by atoms with Crippen LogP contribution in [-0.4, -0.2) is 28.6 Å². The summed E-state index contributed by atoms with van der Waals surface area (Å²) in [4.78, 5) is 27.9. The van der Waals surface area contributed by atoms with Gasteiger partial charge in [0.05, 0.1) is 17.0 Å². The van der Waals surface area contributed by atoms with Gasteiger partial charge in [-0.1, -0.05) is 30.3 Å². The van der Waals surface area contributed by atoms with Gasteiger partial charge in [0, 0.05) is 25.3 Å². The van der Waals surface area contributed by atoms with Crippen LogP contribution in [0.1, 0.15) is 42.3 Å². The molecule has 0 saturated heterocycles. The SMILES string of the molecule is CCn1c(=S)[nH]c2cc(C(=O)NCCCOC(C)c3ccccc3)ccc2c1=O. The van der Waals surface area contributed by atoms with Gasteiger partial charge in [-0.3, -0.25) is 14.2 Å². The summed E-state index contributed by atoms with van der Waals surface area (Å²) in [7, 11) is 0. The van der Waals surface area contributed by atoms with Crippen molar-refractivity contribution in [1.29, 1.82) is 0 Å². The highest BCUT2D eigenvalue weighted by Gasteiger charge is 2.10. The molecule has 0 radical (unpaired) electrons. The van der Waals surface area contributed by atoms with Crippen LogP contribution >= 0.6 is 12.2 Å². The molecular weight excluding hydrogens is 386 g/mol. The average molecular weight is 412 g/mol. The zero-order chi connectivity index (χ0) is 20.8. The van der Waals surface area contributed by atoms with Crippen LogP contribution in [0.2, 0.25) is 0 Å². The molecule has 3 rings (SSSR count). The van der Waals surface area contributed by atoms with Crippen LogP contribution in [0.3, 0.4) is 0 Å². The first-order chi connectivity index (χ1) is 14.0. The number of hydrogen-bond donors (Lipinski definition) is 2. The Balaban J connectivity index is 1.55. The number of benzene rings is 2. The molecule has 29 heavy (non-hydrogen) atoms. The van der Waals surface area contributed by atoms with Gasteiger partial charge in [-0.05, 0) is 56.2 Å². The van der Waals surface area contributed by atoms with E-state index in [9.17, 15) is 9.59 Å². The number of fused-ring (bicyclic) bond motifs is 1. The molecule has 7 heteroatoms. The molecule has 1 amide bonds. The Labute approximate surface area is 174 Å². The lowest BCUT2D eigenvalue weighted by Crippen LogP contribution is -2.26. The van der Waals surface area contributed by atoms with Crippen LogP contribution in [0.25, 0.3) is 10.9 Å². The van der Waals surface area contributed by atoms with Crippen molar-refractivity contribution in [3.8, 4) is 0 Å². The van der Waals surface area contributed by atoms with E-state index in [1.54, 1.807) is 18.2 Å². The average Bonchev–Trinajstić information content (AvgIpc) is 2.73. The zero-order valence-corrected chi connectivity index (χ0v) is 17.4. The van der Waals surface area contributed by atoms with E-state index in [0.717, 1.165) is 5.56 Å². The maximum atomic E-state index is 12.4. The molecule has 0 fully saturated rings. The van der Waals surface area contributed by atoms with Gasteiger partial charge >= 0.3 is 0 Å². The normalized spacial score (nSPS) is 12.1. The molecule has 1 heterocycles. The van der Waals surface area contributed by atoms with Crippen molar-refractivity contribution in [1.82, 2.24) is 14.9 Å². The van der Waals surface area contributed by atoms with Gasteiger partial charge in [-0.2, -0.15) is 0 Å². The van der Waals surface area contributed by atoms with E-state index >= 15 is 0 Å². The number of ether oxygens (including phenoxy) is 1. The lowest BCUT2D eigenvalue weighted by atomic mass is 10.1. The Bertz CT molecular complexity index is 1110. The van der Waals surface area contributed by atoms with Gasteiger partial charge in [0.15, 0.2) is 4.77 Å². The van der Waals surface area contributed by atoms with Gasteiger partial charge in [0.2, 0.25) is 0 Å². The first-order valence-corrected chi connectivity index (χ1v) is 10.1. The van der Waals surface area contributed by atoms with E-state index in [1.807, 2.05) is 44.2 Å². The van der Waals surface area contributed by atoms with Gasteiger partial charge in [0.25, 0.3) is 11.5 Å². The summed E-state index contributed by atoms with van der Waals surface area (Å²) in [5, 5.41) is 3.40. The summed E-state index contributed by atoms with van der Waals surface area (Å²) in [6.07, 6.45) is 0.725. The molecule has 2 N–H and O–H groups in total. The molecule has 1 unspecified atom stereocenters. The fraction of sp³-hybridized carbons (Fsp3) is 0.318.